The summed E-state index contributed by atoms with van der Waals surface area (Å²) >= 11 is 0. The van der Waals surface area contributed by atoms with Crippen LogP contribution in [-0.2, 0) is 14.3 Å². The van der Waals surface area contributed by atoms with Crippen LogP contribution in [0.3, 0.4) is 0 Å². The Kier molecular flexibility index (Phi) is 31.1. The number of ether oxygens (including phenoxy) is 1. The third-order valence-electron chi connectivity index (χ3n) is 8.11. The van der Waals surface area contributed by atoms with Crippen molar-refractivity contribution in [3.8, 4) is 0 Å². The first-order chi connectivity index (χ1) is 20.6. The summed E-state index contributed by atoms with van der Waals surface area (Å²) in [7, 11) is 1.31. The highest BCUT2D eigenvalue weighted by Gasteiger charge is 2.28. The Morgan fingerprint density at radius 2 is 1.05 bits per heavy atom. The fraction of sp³-hybridized carbons (Fsp3) is 0.838. The van der Waals surface area contributed by atoms with Crippen LogP contribution in [0, 0.1) is 0 Å². The van der Waals surface area contributed by atoms with Crippen LogP contribution >= 0.6 is 0 Å². The van der Waals surface area contributed by atoms with Crippen LogP contribution in [0.4, 0.5) is 0 Å². The molecule has 0 heterocycles. The maximum atomic E-state index is 12.5. The van der Waals surface area contributed by atoms with E-state index in [1.165, 1.54) is 110 Å². The molecular formula is C37H69NO4. The number of methoxy groups -OCH3 is 1. The Balaban J connectivity index is 3.86. The van der Waals surface area contributed by atoms with E-state index in [4.69, 9.17) is 4.74 Å². The van der Waals surface area contributed by atoms with Crippen molar-refractivity contribution in [1.82, 2.24) is 5.32 Å². The third-order valence-corrected chi connectivity index (χ3v) is 8.11. The minimum Gasteiger partial charge on any atom is -0.467 e. The number of hydrogen-bond acceptors (Lipinski definition) is 4. The number of hydrogen-bond donors (Lipinski definition) is 2. The van der Waals surface area contributed by atoms with E-state index < -0.39 is 18.1 Å². The monoisotopic (exact) mass is 592 g/mol. The molecule has 5 heteroatoms. The Labute approximate surface area is 260 Å². The number of carbonyl (C=O) groups excluding carboxylic acids is 2. The second kappa shape index (κ2) is 32.3. The Morgan fingerprint density at radius 1 is 0.619 bits per heavy atom. The van der Waals surface area contributed by atoms with Gasteiger partial charge in [0.05, 0.1) is 13.2 Å². The summed E-state index contributed by atoms with van der Waals surface area (Å²) in [5.41, 5.74) is 0. The van der Waals surface area contributed by atoms with E-state index in [9.17, 15) is 14.7 Å². The molecule has 0 aromatic carbocycles. The highest BCUT2D eigenvalue weighted by molar-refractivity contribution is 5.84. The van der Waals surface area contributed by atoms with Gasteiger partial charge in [-0.05, 0) is 44.9 Å². The number of esters is 1. The van der Waals surface area contributed by atoms with Gasteiger partial charge in [-0.25, -0.2) is 4.79 Å². The number of carbonyl (C=O) groups is 2. The smallest absolute Gasteiger partial charge is 0.331 e. The zero-order valence-electron chi connectivity index (χ0n) is 28.0. The van der Waals surface area contributed by atoms with E-state index in [0.29, 0.717) is 12.8 Å². The molecule has 0 saturated carbocycles. The van der Waals surface area contributed by atoms with Crippen molar-refractivity contribution in [1.29, 1.82) is 0 Å². The molecule has 42 heavy (non-hydrogen) atoms. The number of rotatable bonds is 31. The minimum absolute atomic E-state index is 0.180. The number of amides is 1. The first-order valence-electron chi connectivity index (χ1n) is 17.9. The van der Waals surface area contributed by atoms with E-state index in [1.54, 1.807) is 0 Å². The van der Waals surface area contributed by atoms with Gasteiger partial charge in [0, 0.05) is 6.42 Å². The van der Waals surface area contributed by atoms with Gasteiger partial charge in [-0.3, -0.25) is 4.79 Å². The second-order valence-electron chi connectivity index (χ2n) is 12.1. The zero-order valence-corrected chi connectivity index (χ0v) is 28.0. The molecule has 0 radical (unpaired) electrons. The number of aliphatic hydroxyl groups is 1. The number of aliphatic hydroxyl groups excluding tert-OH is 1. The Bertz CT molecular complexity index is 660. The average molecular weight is 592 g/mol. The van der Waals surface area contributed by atoms with Gasteiger partial charge in [0.15, 0.2) is 6.04 Å². The van der Waals surface area contributed by atoms with Crippen LogP contribution in [-0.4, -0.2) is 36.2 Å². The molecule has 0 spiro atoms. The molecule has 0 aromatic rings. The quantitative estimate of drug-likeness (QED) is 0.0478. The van der Waals surface area contributed by atoms with Crippen LogP contribution in [0.15, 0.2) is 24.3 Å². The van der Waals surface area contributed by atoms with Gasteiger partial charge in [-0.15, -0.1) is 0 Å². The summed E-state index contributed by atoms with van der Waals surface area (Å²) in [5.74, 6) is -0.744. The van der Waals surface area contributed by atoms with Crippen molar-refractivity contribution >= 4 is 11.9 Å². The van der Waals surface area contributed by atoms with Crippen molar-refractivity contribution in [2.75, 3.05) is 7.11 Å². The molecule has 0 aliphatic carbocycles. The molecule has 0 aliphatic heterocycles. The van der Waals surface area contributed by atoms with E-state index in [0.717, 1.165) is 51.4 Å². The van der Waals surface area contributed by atoms with Crippen molar-refractivity contribution in [3.63, 3.8) is 0 Å². The van der Waals surface area contributed by atoms with Crippen LogP contribution < -0.4 is 5.32 Å². The molecule has 2 N–H and O–H groups in total. The molecular weight excluding hydrogens is 522 g/mol. The topological polar surface area (TPSA) is 75.6 Å². The molecule has 5 nitrogen and oxygen atoms in total. The first kappa shape index (κ1) is 40.4. The van der Waals surface area contributed by atoms with Crippen molar-refractivity contribution < 1.29 is 19.4 Å². The summed E-state index contributed by atoms with van der Waals surface area (Å²) < 4.78 is 4.86. The fourth-order valence-corrected chi connectivity index (χ4v) is 5.32. The molecule has 0 aromatic heterocycles. The average Bonchev–Trinajstić information content (AvgIpc) is 2.99. The largest absolute Gasteiger partial charge is 0.467 e. The van der Waals surface area contributed by atoms with E-state index >= 15 is 0 Å². The van der Waals surface area contributed by atoms with Crippen molar-refractivity contribution in [3.05, 3.63) is 24.3 Å². The highest BCUT2D eigenvalue weighted by Crippen LogP contribution is 2.15. The van der Waals surface area contributed by atoms with E-state index in [2.05, 4.69) is 43.5 Å². The lowest BCUT2D eigenvalue weighted by Crippen LogP contribution is -2.49. The highest BCUT2D eigenvalue weighted by atomic mass is 16.5. The molecule has 0 rings (SSSR count). The lowest BCUT2D eigenvalue weighted by Gasteiger charge is -2.22. The molecule has 0 bridgehead atoms. The summed E-state index contributed by atoms with van der Waals surface area (Å²) in [6, 6.07) is -0.974. The minimum atomic E-state index is -0.974. The van der Waals surface area contributed by atoms with Crippen molar-refractivity contribution in [2.45, 2.75) is 193 Å². The molecule has 246 valence electrons. The van der Waals surface area contributed by atoms with E-state index in [-0.39, 0.29) is 5.91 Å². The SMILES string of the molecule is CCCCCC=CCC=CCCCCCCCC(=O)NC(C(=O)OC)C(O)CCCCCCCCCCCCCCC. The summed E-state index contributed by atoms with van der Waals surface area (Å²) in [4.78, 5) is 24.7. The number of allylic oxidation sites excluding steroid dienone is 4. The van der Waals surface area contributed by atoms with Crippen LogP contribution in [0.2, 0.25) is 0 Å². The molecule has 0 saturated heterocycles. The number of unbranched alkanes of at least 4 members (excludes halogenated alkanes) is 20. The fourth-order valence-electron chi connectivity index (χ4n) is 5.32. The molecule has 0 aliphatic rings. The molecule has 1 amide bonds. The standard InChI is InChI=1S/C37H69NO4/c1-4-6-8-10-12-14-16-18-19-21-23-25-27-29-31-33-35(40)38-36(37(41)42-3)34(39)32-30-28-26-24-22-20-17-15-13-11-9-7-5-2/h12,14,18-19,34,36,39H,4-11,13,15-17,20-33H2,1-3H3,(H,38,40). The second-order valence-corrected chi connectivity index (χ2v) is 12.1. The zero-order chi connectivity index (χ0) is 30.9. The van der Waals surface area contributed by atoms with Gasteiger partial charge in [0.25, 0.3) is 0 Å². The maximum absolute atomic E-state index is 12.5. The Hall–Kier alpha value is -1.62. The lowest BCUT2D eigenvalue weighted by atomic mass is 10.0. The van der Waals surface area contributed by atoms with Gasteiger partial charge in [0.1, 0.15) is 0 Å². The lowest BCUT2D eigenvalue weighted by molar-refractivity contribution is -0.148. The van der Waals surface area contributed by atoms with Crippen LogP contribution in [0.25, 0.3) is 0 Å². The summed E-state index contributed by atoms with van der Waals surface area (Å²) in [5, 5.41) is 13.4. The van der Waals surface area contributed by atoms with E-state index in [1.807, 2.05) is 0 Å². The molecule has 0 fully saturated rings. The summed E-state index contributed by atoms with van der Waals surface area (Å²) in [6.45, 7) is 4.50. The third kappa shape index (κ3) is 27.2. The van der Waals surface area contributed by atoms with Crippen LogP contribution in [0.5, 0.6) is 0 Å². The van der Waals surface area contributed by atoms with Crippen LogP contribution in [0.1, 0.15) is 181 Å². The number of nitrogens with one attached hydrogen (secondary N) is 1. The first-order valence-corrected chi connectivity index (χ1v) is 17.9. The van der Waals surface area contributed by atoms with Gasteiger partial charge in [-0.1, -0.05) is 154 Å². The van der Waals surface area contributed by atoms with Gasteiger partial charge < -0.3 is 15.2 Å². The molecule has 2 unspecified atom stereocenters. The maximum Gasteiger partial charge on any atom is 0.331 e. The summed E-state index contributed by atoms with van der Waals surface area (Å²) in [6.07, 6.45) is 38.0. The normalized spacial score (nSPS) is 13.1. The Morgan fingerprint density at radius 3 is 1.57 bits per heavy atom. The predicted molar refractivity (Wildman–Crippen MR) is 180 cm³/mol. The van der Waals surface area contributed by atoms with Crippen molar-refractivity contribution in [2.24, 2.45) is 0 Å². The van der Waals surface area contributed by atoms with Gasteiger partial charge in [0.2, 0.25) is 5.91 Å². The molecule has 2 atom stereocenters. The predicted octanol–water partition coefficient (Wildman–Crippen LogP) is 10.3. The van der Waals surface area contributed by atoms with Gasteiger partial charge >= 0.3 is 5.97 Å². The van der Waals surface area contributed by atoms with Gasteiger partial charge in [-0.2, -0.15) is 0 Å².